The first-order chi connectivity index (χ1) is 9.95. The van der Waals surface area contributed by atoms with Crippen molar-refractivity contribution in [1.82, 2.24) is 4.90 Å². The highest BCUT2D eigenvalue weighted by molar-refractivity contribution is 5.94. The van der Waals surface area contributed by atoms with Gasteiger partial charge in [0.15, 0.2) is 0 Å². The minimum atomic E-state index is -0.625. The first-order valence-electron chi connectivity index (χ1n) is 6.78. The van der Waals surface area contributed by atoms with Crippen molar-refractivity contribution in [1.29, 1.82) is 0 Å². The van der Waals surface area contributed by atoms with Crippen molar-refractivity contribution in [3.8, 4) is 11.8 Å². The molecule has 21 heavy (non-hydrogen) atoms. The SMILES string of the molecule is CC(O)CCN(C)C(=O)c1ccc(C#CCCO)cc1F. The Balaban J connectivity index is 2.80. The van der Waals surface area contributed by atoms with E-state index < -0.39 is 17.8 Å². The third-order valence-corrected chi connectivity index (χ3v) is 2.90. The molecule has 2 N–H and O–H groups in total. The Kier molecular flexibility index (Phi) is 6.86. The minimum absolute atomic E-state index is 0.0178. The number of amides is 1. The van der Waals surface area contributed by atoms with Crippen LogP contribution in [0.4, 0.5) is 4.39 Å². The van der Waals surface area contributed by atoms with Crippen LogP contribution in [0.5, 0.6) is 0 Å². The number of carbonyl (C=O) groups is 1. The van der Waals surface area contributed by atoms with Gasteiger partial charge in [-0.3, -0.25) is 4.79 Å². The van der Waals surface area contributed by atoms with E-state index in [1.54, 1.807) is 20.0 Å². The van der Waals surface area contributed by atoms with Crippen LogP contribution in [-0.4, -0.2) is 47.3 Å². The number of rotatable bonds is 5. The molecule has 1 aromatic carbocycles. The first kappa shape index (κ1) is 17.2. The fraction of sp³-hybridized carbons (Fsp3) is 0.438. The summed E-state index contributed by atoms with van der Waals surface area (Å²) >= 11 is 0. The van der Waals surface area contributed by atoms with Gasteiger partial charge in [0.25, 0.3) is 5.91 Å². The molecular formula is C16H20FNO3. The number of carbonyl (C=O) groups excluding carboxylic acids is 1. The zero-order valence-corrected chi connectivity index (χ0v) is 12.3. The number of benzene rings is 1. The number of halogens is 1. The molecule has 0 radical (unpaired) electrons. The fourth-order valence-electron chi connectivity index (χ4n) is 1.67. The molecule has 0 saturated heterocycles. The van der Waals surface area contributed by atoms with E-state index in [4.69, 9.17) is 5.11 Å². The van der Waals surface area contributed by atoms with Gasteiger partial charge in [-0.05, 0) is 31.5 Å². The van der Waals surface area contributed by atoms with Crippen LogP contribution in [0.15, 0.2) is 18.2 Å². The summed E-state index contributed by atoms with van der Waals surface area (Å²) < 4.78 is 14.0. The molecule has 114 valence electrons. The molecule has 1 aromatic rings. The number of nitrogens with zero attached hydrogens (tertiary/aromatic N) is 1. The number of hydrogen-bond acceptors (Lipinski definition) is 3. The van der Waals surface area contributed by atoms with Gasteiger partial charge in [0.2, 0.25) is 0 Å². The molecule has 0 spiro atoms. The summed E-state index contributed by atoms with van der Waals surface area (Å²) in [5.74, 6) is 4.35. The van der Waals surface area contributed by atoms with E-state index in [9.17, 15) is 14.3 Å². The highest BCUT2D eigenvalue weighted by Gasteiger charge is 2.16. The molecule has 0 aliphatic carbocycles. The van der Waals surface area contributed by atoms with Crippen LogP contribution in [0.3, 0.4) is 0 Å². The van der Waals surface area contributed by atoms with Crippen molar-refractivity contribution in [3.63, 3.8) is 0 Å². The van der Waals surface area contributed by atoms with Crippen molar-refractivity contribution in [3.05, 3.63) is 35.1 Å². The molecule has 4 nitrogen and oxygen atoms in total. The largest absolute Gasteiger partial charge is 0.395 e. The zero-order chi connectivity index (χ0) is 15.8. The molecular weight excluding hydrogens is 273 g/mol. The molecule has 0 fully saturated rings. The van der Waals surface area contributed by atoms with E-state index in [0.717, 1.165) is 0 Å². The standard InChI is InChI=1S/C16H20FNO3/c1-12(20)8-9-18(2)16(21)14-7-6-13(11-15(14)17)5-3-4-10-19/h6-7,11-12,19-20H,4,8-10H2,1-2H3. The smallest absolute Gasteiger partial charge is 0.256 e. The number of hydrogen-bond donors (Lipinski definition) is 2. The van der Waals surface area contributed by atoms with Crippen LogP contribution < -0.4 is 0 Å². The summed E-state index contributed by atoms with van der Waals surface area (Å²) in [7, 11) is 1.57. The summed E-state index contributed by atoms with van der Waals surface area (Å²) in [5, 5.41) is 17.8. The third kappa shape index (κ3) is 5.54. The molecule has 1 atom stereocenters. The maximum atomic E-state index is 14.0. The van der Waals surface area contributed by atoms with E-state index in [1.807, 2.05) is 0 Å². The average Bonchev–Trinajstić information content (AvgIpc) is 2.44. The maximum Gasteiger partial charge on any atom is 0.256 e. The summed E-state index contributed by atoms with van der Waals surface area (Å²) in [6.07, 6.45) is 0.258. The summed E-state index contributed by atoms with van der Waals surface area (Å²) in [5.41, 5.74) is 0.444. The summed E-state index contributed by atoms with van der Waals surface area (Å²) in [4.78, 5) is 13.5. The van der Waals surface area contributed by atoms with Crippen LogP contribution in [0.2, 0.25) is 0 Å². The van der Waals surface area contributed by atoms with Crippen LogP contribution in [0.1, 0.15) is 35.7 Å². The predicted molar refractivity (Wildman–Crippen MR) is 78.2 cm³/mol. The Morgan fingerprint density at radius 2 is 2.19 bits per heavy atom. The molecule has 0 aromatic heterocycles. The van der Waals surface area contributed by atoms with Gasteiger partial charge < -0.3 is 15.1 Å². The van der Waals surface area contributed by atoms with Crippen molar-refractivity contribution in [2.45, 2.75) is 25.9 Å². The van der Waals surface area contributed by atoms with Gasteiger partial charge >= 0.3 is 0 Å². The minimum Gasteiger partial charge on any atom is -0.395 e. The topological polar surface area (TPSA) is 60.8 Å². The lowest BCUT2D eigenvalue weighted by Gasteiger charge is -2.18. The average molecular weight is 293 g/mol. The Bertz CT molecular complexity index is 546. The van der Waals surface area contributed by atoms with Gasteiger partial charge in [-0.2, -0.15) is 0 Å². The second-order valence-electron chi connectivity index (χ2n) is 4.83. The van der Waals surface area contributed by atoms with E-state index in [-0.39, 0.29) is 12.2 Å². The normalized spacial score (nSPS) is 11.5. The molecule has 1 amide bonds. The molecule has 1 rings (SSSR count). The second-order valence-corrected chi connectivity index (χ2v) is 4.83. The van der Waals surface area contributed by atoms with Gasteiger partial charge in [-0.1, -0.05) is 11.8 Å². The summed E-state index contributed by atoms with van der Waals surface area (Å²) in [6, 6.07) is 4.18. The lowest BCUT2D eigenvalue weighted by atomic mass is 10.1. The van der Waals surface area contributed by atoms with Crippen LogP contribution in [0.25, 0.3) is 0 Å². The Hall–Kier alpha value is -1.90. The van der Waals surface area contributed by atoms with Gasteiger partial charge in [-0.25, -0.2) is 4.39 Å². The van der Waals surface area contributed by atoms with Gasteiger partial charge in [0, 0.05) is 25.6 Å². The Labute approximate surface area is 124 Å². The van der Waals surface area contributed by atoms with Crippen molar-refractivity contribution >= 4 is 5.91 Å². The second kappa shape index (κ2) is 8.40. The lowest BCUT2D eigenvalue weighted by Crippen LogP contribution is -2.30. The van der Waals surface area contributed by atoms with Crippen LogP contribution in [0, 0.1) is 17.7 Å². The van der Waals surface area contributed by atoms with Gasteiger partial charge in [-0.15, -0.1) is 0 Å². The predicted octanol–water partition coefficient (Wildman–Crippen LogP) is 1.40. The van der Waals surface area contributed by atoms with Crippen molar-refractivity contribution in [2.75, 3.05) is 20.2 Å². The molecule has 0 aliphatic heterocycles. The van der Waals surface area contributed by atoms with E-state index in [2.05, 4.69) is 11.8 Å². The van der Waals surface area contributed by atoms with Crippen LogP contribution >= 0.6 is 0 Å². The van der Waals surface area contributed by atoms with E-state index in [0.29, 0.717) is 24.9 Å². The van der Waals surface area contributed by atoms with Gasteiger partial charge in [0.05, 0.1) is 18.3 Å². The monoisotopic (exact) mass is 293 g/mol. The molecule has 0 bridgehead atoms. The van der Waals surface area contributed by atoms with E-state index in [1.165, 1.54) is 17.0 Å². The highest BCUT2D eigenvalue weighted by atomic mass is 19.1. The number of aliphatic hydroxyl groups is 2. The molecule has 1 unspecified atom stereocenters. The molecule has 5 heteroatoms. The van der Waals surface area contributed by atoms with Crippen molar-refractivity contribution < 1.29 is 19.4 Å². The Morgan fingerprint density at radius 1 is 1.48 bits per heavy atom. The Morgan fingerprint density at radius 3 is 2.76 bits per heavy atom. The van der Waals surface area contributed by atoms with Gasteiger partial charge in [0.1, 0.15) is 5.82 Å². The third-order valence-electron chi connectivity index (χ3n) is 2.90. The molecule has 0 heterocycles. The quantitative estimate of drug-likeness (QED) is 0.807. The maximum absolute atomic E-state index is 14.0. The number of aliphatic hydroxyl groups excluding tert-OH is 2. The molecule has 0 saturated carbocycles. The first-order valence-corrected chi connectivity index (χ1v) is 6.78. The zero-order valence-electron chi connectivity index (χ0n) is 12.3. The lowest BCUT2D eigenvalue weighted by molar-refractivity contribution is 0.0764. The van der Waals surface area contributed by atoms with Crippen molar-refractivity contribution in [2.24, 2.45) is 0 Å². The van der Waals surface area contributed by atoms with Crippen LogP contribution in [-0.2, 0) is 0 Å². The fourth-order valence-corrected chi connectivity index (χ4v) is 1.67. The highest BCUT2D eigenvalue weighted by Crippen LogP contribution is 2.12. The summed E-state index contributed by atoms with van der Waals surface area (Å²) in [6.45, 7) is 1.95. The molecule has 0 aliphatic rings. The van der Waals surface area contributed by atoms with E-state index >= 15 is 0 Å².